The number of nitriles is 1. The SMILES string of the molecule is COc1ccc(F)cc1[C@H](Cn1c(=O)n([C@@H]2CCCN(C)C2=O)c(=O)c2c(C)c(-n3nccn3)sc21)OCCC#N. The maximum atomic E-state index is 14.4. The molecule has 1 amide bonds. The van der Waals surface area contributed by atoms with E-state index in [1.165, 1.54) is 52.0 Å². The Morgan fingerprint density at radius 3 is 2.71 bits per heavy atom. The molecule has 4 aromatic rings. The molecule has 0 unspecified atom stereocenters. The number of carbonyl (C=O) groups excluding carboxylic acids is 1. The molecule has 1 aliphatic heterocycles. The van der Waals surface area contributed by atoms with E-state index in [4.69, 9.17) is 14.7 Å². The number of aryl methyl sites for hydroxylation is 1. The minimum Gasteiger partial charge on any atom is -0.496 e. The standard InChI is InChI=1S/C27H28FN7O5S/c1-16-22-24(37)34(19-6-4-12-32(2)23(19)36)27(38)33(26(22)41-25(16)35-30-10-11-31-35)15-21(40-13-5-9-29)18-14-17(28)7-8-20(18)39-3/h7-8,10-11,14,19,21H,4-6,12-13,15H2,1-3H3/t19-,21+/m1/s1. The molecule has 0 radical (unpaired) electrons. The van der Waals surface area contributed by atoms with Crippen LogP contribution in [0.3, 0.4) is 0 Å². The number of hydrogen-bond donors (Lipinski definition) is 0. The largest absolute Gasteiger partial charge is 0.496 e. The lowest BCUT2D eigenvalue weighted by atomic mass is 10.0. The van der Waals surface area contributed by atoms with Gasteiger partial charge in [-0.25, -0.2) is 13.8 Å². The maximum absolute atomic E-state index is 14.4. The van der Waals surface area contributed by atoms with Crippen LogP contribution in [-0.4, -0.2) is 62.2 Å². The molecule has 12 nitrogen and oxygen atoms in total. The Kier molecular flexibility index (Phi) is 8.00. The van der Waals surface area contributed by atoms with E-state index in [9.17, 15) is 18.8 Å². The lowest BCUT2D eigenvalue weighted by Gasteiger charge is -2.30. The molecule has 0 N–H and O–H groups in total. The molecule has 0 bridgehead atoms. The average Bonchev–Trinajstić information content (AvgIpc) is 3.60. The topological polar surface area (TPSA) is 137 Å². The summed E-state index contributed by atoms with van der Waals surface area (Å²) in [5, 5.41) is 18.3. The number of benzene rings is 1. The van der Waals surface area contributed by atoms with Gasteiger partial charge >= 0.3 is 5.69 Å². The molecule has 0 saturated carbocycles. The third-order valence-electron chi connectivity index (χ3n) is 7.18. The Bertz CT molecular complexity index is 1750. The minimum atomic E-state index is -0.975. The monoisotopic (exact) mass is 581 g/mol. The van der Waals surface area contributed by atoms with E-state index >= 15 is 0 Å². The zero-order valence-corrected chi connectivity index (χ0v) is 23.6. The number of methoxy groups -OCH3 is 1. The normalized spacial score (nSPS) is 16.2. The van der Waals surface area contributed by atoms with Crippen molar-refractivity contribution in [2.24, 2.45) is 0 Å². The van der Waals surface area contributed by atoms with Crippen LogP contribution >= 0.6 is 11.3 Å². The van der Waals surface area contributed by atoms with Crippen molar-refractivity contribution in [3.63, 3.8) is 0 Å². The fourth-order valence-corrected chi connectivity index (χ4v) is 6.38. The van der Waals surface area contributed by atoms with E-state index in [0.717, 1.165) is 15.9 Å². The van der Waals surface area contributed by atoms with Gasteiger partial charge in [-0.05, 0) is 38.0 Å². The highest BCUT2D eigenvalue weighted by Crippen LogP contribution is 2.34. The predicted octanol–water partition coefficient (Wildman–Crippen LogP) is 2.73. The van der Waals surface area contributed by atoms with Crippen LogP contribution in [0.4, 0.5) is 4.39 Å². The second-order valence-electron chi connectivity index (χ2n) is 9.67. The van der Waals surface area contributed by atoms with Crippen molar-refractivity contribution in [1.82, 2.24) is 29.0 Å². The molecular weight excluding hydrogens is 553 g/mol. The Morgan fingerprint density at radius 2 is 2.00 bits per heavy atom. The summed E-state index contributed by atoms with van der Waals surface area (Å²) in [6.45, 7) is 2.13. The predicted molar refractivity (Wildman–Crippen MR) is 148 cm³/mol. The van der Waals surface area contributed by atoms with E-state index in [0.29, 0.717) is 46.1 Å². The number of piperidine rings is 1. The van der Waals surface area contributed by atoms with Crippen LogP contribution in [0.2, 0.25) is 0 Å². The van der Waals surface area contributed by atoms with E-state index in [2.05, 4.69) is 10.2 Å². The fourth-order valence-electron chi connectivity index (χ4n) is 5.16. The van der Waals surface area contributed by atoms with Crippen molar-refractivity contribution in [2.45, 2.75) is 44.9 Å². The van der Waals surface area contributed by atoms with Crippen molar-refractivity contribution in [1.29, 1.82) is 5.26 Å². The van der Waals surface area contributed by atoms with Crippen molar-refractivity contribution in [2.75, 3.05) is 27.3 Å². The highest BCUT2D eigenvalue weighted by molar-refractivity contribution is 7.21. The third kappa shape index (κ3) is 5.14. The van der Waals surface area contributed by atoms with Crippen molar-refractivity contribution >= 4 is 27.5 Å². The van der Waals surface area contributed by atoms with Gasteiger partial charge in [0.25, 0.3) is 5.56 Å². The number of likely N-dealkylation sites (N-methyl/N-ethyl adjacent to an activating group) is 1. The number of carbonyl (C=O) groups is 1. The molecule has 41 heavy (non-hydrogen) atoms. The molecular formula is C27H28FN7O5S. The van der Waals surface area contributed by atoms with E-state index in [1.807, 2.05) is 6.07 Å². The molecule has 3 aromatic heterocycles. The van der Waals surface area contributed by atoms with E-state index < -0.39 is 29.2 Å². The van der Waals surface area contributed by atoms with Crippen LogP contribution in [0.1, 0.15) is 42.5 Å². The van der Waals surface area contributed by atoms with Crippen LogP contribution in [0.25, 0.3) is 15.2 Å². The van der Waals surface area contributed by atoms with Crippen molar-refractivity contribution in [3.8, 4) is 16.8 Å². The molecule has 4 heterocycles. The summed E-state index contributed by atoms with van der Waals surface area (Å²) < 4.78 is 28.3. The smallest absolute Gasteiger partial charge is 0.332 e. The Hall–Kier alpha value is -4.35. The van der Waals surface area contributed by atoms with Crippen molar-refractivity contribution < 1.29 is 18.7 Å². The molecule has 0 aliphatic carbocycles. The number of aromatic nitrogens is 5. The molecule has 214 valence electrons. The first-order valence-corrected chi connectivity index (χ1v) is 13.8. The average molecular weight is 582 g/mol. The van der Waals surface area contributed by atoms with Crippen LogP contribution in [-0.2, 0) is 16.1 Å². The summed E-state index contributed by atoms with van der Waals surface area (Å²) in [5.74, 6) is -0.525. The number of likely N-dealkylation sites (tertiary alicyclic amines) is 1. The van der Waals surface area contributed by atoms with Gasteiger partial charge in [-0.15, -0.1) is 4.80 Å². The van der Waals surface area contributed by atoms with Crippen LogP contribution in [0.5, 0.6) is 5.75 Å². The summed E-state index contributed by atoms with van der Waals surface area (Å²) in [7, 11) is 3.08. The first kappa shape index (κ1) is 28.2. The lowest BCUT2D eigenvalue weighted by molar-refractivity contribution is -0.136. The molecule has 2 atom stereocenters. The molecule has 0 spiro atoms. The first-order chi connectivity index (χ1) is 19.8. The van der Waals surface area contributed by atoms with E-state index in [-0.39, 0.29) is 30.9 Å². The van der Waals surface area contributed by atoms with Crippen molar-refractivity contribution in [3.05, 3.63) is 68.4 Å². The number of rotatable bonds is 9. The summed E-state index contributed by atoms with van der Waals surface area (Å²) in [6.07, 6.45) is 3.10. The van der Waals surface area contributed by atoms with Crippen LogP contribution < -0.4 is 16.0 Å². The minimum absolute atomic E-state index is 0.0101. The summed E-state index contributed by atoms with van der Waals surface area (Å²) >= 11 is 1.15. The quantitative estimate of drug-likeness (QED) is 0.275. The van der Waals surface area contributed by atoms with Gasteiger partial charge in [0.1, 0.15) is 33.5 Å². The Labute approximate surface area is 237 Å². The summed E-state index contributed by atoms with van der Waals surface area (Å²) in [5.41, 5.74) is -0.386. The number of ether oxygens (including phenoxy) is 2. The van der Waals surface area contributed by atoms with Gasteiger partial charge in [0, 0.05) is 24.7 Å². The highest BCUT2D eigenvalue weighted by Gasteiger charge is 2.33. The van der Waals surface area contributed by atoms with Gasteiger partial charge in [0.2, 0.25) is 5.91 Å². The number of thiophene rings is 1. The van der Waals surface area contributed by atoms with Gasteiger partial charge in [0.05, 0.1) is 50.5 Å². The molecule has 1 aromatic carbocycles. The number of fused-ring (bicyclic) bond motifs is 1. The zero-order valence-electron chi connectivity index (χ0n) is 22.7. The van der Waals surface area contributed by atoms with Gasteiger partial charge < -0.3 is 14.4 Å². The lowest BCUT2D eigenvalue weighted by Crippen LogP contribution is -2.49. The number of nitrogens with zero attached hydrogens (tertiary/aromatic N) is 7. The van der Waals surface area contributed by atoms with Crippen LogP contribution in [0.15, 0.2) is 40.2 Å². The molecule has 5 rings (SSSR count). The van der Waals surface area contributed by atoms with Gasteiger partial charge in [-0.1, -0.05) is 11.3 Å². The molecule has 1 saturated heterocycles. The highest BCUT2D eigenvalue weighted by atomic mass is 32.1. The fraction of sp³-hybridized carbons (Fsp3) is 0.407. The number of amides is 1. The molecule has 1 aliphatic rings. The third-order valence-corrected chi connectivity index (χ3v) is 8.46. The van der Waals surface area contributed by atoms with Gasteiger partial charge in [0.15, 0.2) is 0 Å². The molecule has 1 fully saturated rings. The van der Waals surface area contributed by atoms with E-state index in [1.54, 1.807) is 14.0 Å². The molecule has 14 heteroatoms. The van der Waals surface area contributed by atoms with Crippen LogP contribution in [0, 0.1) is 24.1 Å². The number of halogens is 1. The zero-order chi connectivity index (χ0) is 29.3. The second-order valence-corrected chi connectivity index (χ2v) is 10.6. The van der Waals surface area contributed by atoms with Gasteiger partial charge in [-0.2, -0.15) is 15.5 Å². The first-order valence-electron chi connectivity index (χ1n) is 13.0. The Balaban J connectivity index is 1.76. The Morgan fingerprint density at radius 1 is 1.24 bits per heavy atom. The maximum Gasteiger partial charge on any atom is 0.332 e. The van der Waals surface area contributed by atoms with Gasteiger partial charge in [-0.3, -0.25) is 14.2 Å². The number of hydrogen-bond acceptors (Lipinski definition) is 9. The second kappa shape index (κ2) is 11.6. The summed E-state index contributed by atoms with van der Waals surface area (Å²) in [4.78, 5) is 44.6. The summed E-state index contributed by atoms with van der Waals surface area (Å²) in [6, 6.07) is 5.00.